The number of carbonyl (C=O) groups is 1. The Kier molecular flexibility index (Phi) is 6.55. The molecule has 1 amide bonds. The highest BCUT2D eigenvalue weighted by Crippen LogP contribution is 2.30. The van der Waals surface area contributed by atoms with Crippen LogP contribution in [-0.2, 0) is 4.79 Å². The summed E-state index contributed by atoms with van der Waals surface area (Å²) in [6.45, 7) is 7.73. The van der Waals surface area contributed by atoms with Gasteiger partial charge in [0.2, 0.25) is 5.91 Å². The maximum absolute atomic E-state index is 13.2. The van der Waals surface area contributed by atoms with Gasteiger partial charge in [0.25, 0.3) is 5.56 Å². The van der Waals surface area contributed by atoms with E-state index in [-0.39, 0.29) is 23.3 Å². The first-order valence-corrected chi connectivity index (χ1v) is 12.4. The summed E-state index contributed by atoms with van der Waals surface area (Å²) in [5.74, 6) is -0.103. The second kappa shape index (κ2) is 9.18. The number of thiazole rings is 1. The van der Waals surface area contributed by atoms with Crippen LogP contribution in [0.15, 0.2) is 28.2 Å². The van der Waals surface area contributed by atoms with Crippen molar-refractivity contribution in [1.29, 1.82) is 0 Å². The van der Waals surface area contributed by atoms with Crippen molar-refractivity contribution in [3.8, 4) is 0 Å². The Balaban J connectivity index is 1.57. The molecule has 10 heteroatoms. The summed E-state index contributed by atoms with van der Waals surface area (Å²) in [6.07, 6.45) is 2.28. The third kappa shape index (κ3) is 4.73. The van der Waals surface area contributed by atoms with E-state index in [1.165, 1.54) is 23.1 Å². The Hall–Kier alpha value is -2.10. The molecule has 7 nitrogen and oxygen atoms in total. The first-order valence-electron chi connectivity index (χ1n) is 10.2. The third-order valence-corrected chi connectivity index (χ3v) is 7.40. The van der Waals surface area contributed by atoms with Crippen molar-refractivity contribution in [3.05, 3.63) is 39.1 Å². The number of anilines is 2. The molecule has 0 radical (unpaired) electrons. The predicted molar refractivity (Wildman–Crippen MR) is 129 cm³/mol. The van der Waals surface area contributed by atoms with Gasteiger partial charge < -0.3 is 10.2 Å². The fourth-order valence-electron chi connectivity index (χ4n) is 3.50. The lowest BCUT2D eigenvalue weighted by Gasteiger charge is -2.14. The lowest BCUT2D eigenvalue weighted by molar-refractivity contribution is -0.113. The van der Waals surface area contributed by atoms with Gasteiger partial charge in [0.1, 0.15) is 4.70 Å². The summed E-state index contributed by atoms with van der Waals surface area (Å²) in [6, 6.07) is 5.39. The molecule has 2 aromatic heterocycles. The summed E-state index contributed by atoms with van der Waals surface area (Å²) in [5.41, 5.74) is 1.94. The number of carbonyl (C=O) groups excluding carboxylic acids is 1. The molecular weight excluding hydrogens is 454 g/mol. The number of fused-ring (bicyclic) bond motifs is 1. The van der Waals surface area contributed by atoms with Crippen LogP contribution >= 0.6 is 34.7 Å². The highest BCUT2D eigenvalue weighted by atomic mass is 35.5. The highest BCUT2D eigenvalue weighted by molar-refractivity contribution is 7.99. The van der Waals surface area contributed by atoms with Crippen molar-refractivity contribution in [2.24, 2.45) is 0 Å². The number of thioether (sulfide) groups is 1. The van der Waals surface area contributed by atoms with E-state index < -0.39 is 0 Å². The number of benzene rings is 1. The predicted octanol–water partition coefficient (Wildman–Crippen LogP) is 4.73. The Morgan fingerprint density at radius 1 is 1.29 bits per heavy atom. The van der Waals surface area contributed by atoms with E-state index in [1.54, 1.807) is 16.7 Å². The zero-order chi connectivity index (χ0) is 22.1. The van der Waals surface area contributed by atoms with Crippen molar-refractivity contribution in [1.82, 2.24) is 14.5 Å². The highest BCUT2D eigenvalue weighted by Gasteiger charge is 2.22. The molecule has 0 atom stereocenters. The average Bonchev–Trinajstić information content (AvgIpc) is 3.38. The Bertz CT molecular complexity index is 1180. The van der Waals surface area contributed by atoms with Crippen LogP contribution in [0, 0.1) is 6.92 Å². The van der Waals surface area contributed by atoms with Gasteiger partial charge in [0.05, 0.1) is 16.5 Å². The number of aryl methyl sites for hydroxylation is 1. The Labute approximate surface area is 193 Å². The first-order chi connectivity index (χ1) is 14.8. The van der Waals surface area contributed by atoms with Gasteiger partial charge in [-0.05, 0) is 51.3 Å². The van der Waals surface area contributed by atoms with Gasteiger partial charge in [-0.25, -0.2) is 4.98 Å². The molecule has 0 aliphatic carbocycles. The minimum absolute atomic E-state index is 0.0844. The van der Waals surface area contributed by atoms with Gasteiger partial charge in [-0.1, -0.05) is 40.8 Å². The van der Waals surface area contributed by atoms with Gasteiger partial charge >= 0.3 is 0 Å². The van der Waals surface area contributed by atoms with Crippen molar-refractivity contribution >= 4 is 61.8 Å². The molecule has 1 fully saturated rings. The largest absolute Gasteiger partial charge is 0.348 e. The molecule has 0 unspecified atom stereocenters. The monoisotopic (exact) mass is 477 g/mol. The van der Waals surface area contributed by atoms with Crippen LogP contribution in [0.5, 0.6) is 0 Å². The molecule has 0 spiro atoms. The molecule has 1 saturated heterocycles. The van der Waals surface area contributed by atoms with Gasteiger partial charge in [0, 0.05) is 19.1 Å². The van der Waals surface area contributed by atoms with E-state index in [0.29, 0.717) is 26.2 Å². The number of nitrogens with one attached hydrogen (secondary N) is 1. The topological polar surface area (TPSA) is 80.1 Å². The second-order valence-corrected chi connectivity index (χ2v) is 10.2. The molecule has 3 heterocycles. The lowest BCUT2D eigenvalue weighted by Crippen LogP contribution is -2.25. The van der Waals surface area contributed by atoms with Crippen LogP contribution in [-0.4, -0.2) is 39.3 Å². The van der Waals surface area contributed by atoms with Crippen molar-refractivity contribution < 1.29 is 4.79 Å². The SMILES string of the molecule is Cc1ccc(NC(=O)CSc2nc3nc(N4CCCC4)sc3c(=O)n2C(C)C)c(Cl)c1. The Morgan fingerprint density at radius 2 is 2.03 bits per heavy atom. The van der Waals surface area contributed by atoms with Gasteiger partial charge in [-0.15, -0.1) is 0 Å². The van der Waals surface area contributed by atoms with E-state index in [9.17, 15) is 9.59 Å². The molecule has 3 aromatic rings. The number of amides is 1. The number of aromatic nitrogens is 3. The normalized spacial score (nSPS) is 14.0. The number of nitrogens with zero attached hydrogens (tertiary/aromatic N) is 4. The fraction of sp³-hybridized carbons (Fsp3) is 0.429. The average molecular weight is 478 g/mol. The minimum atomic E-state index is -0.212. The van der Waals surface area contributed by atoms with E-state index in [0.717, 1.165) is 36.6 Å². The number of halogens is 1. The van der Waals surface area contributed by atoms with E-state index in [1.807, 2.05) is 26.8 Å². The summed E-state index contributed by atoms with van der Waals surface area (Å²) < 4.78 is 2.21. The second-order valence-electron chi connectivity index (χ2n) is 7.83. The molecule has 1 aromatic carbocycles. The molecule has 1 aliphatic rings. The molecule has 1 aliphatic heterocycles. The summed E-state index contributed by atoms with van der Waals surface area (Å²) >= 11 is 8.85. The van der Waals surface area contributed by atoms with Crippen molar-refractivity contribution in [2.45, 2.75) is 44.8 Å². The fourth-order valence-corrected chi connectivity index (χ4v) is 5.69. The third-order valence-electron chi connectivity index (χ3n) is 5.04. The van der Waals surface area contributed by atoms with Crippen LogP contribution in [0.1, 0.15) is 38.3 Å². The van der Waals surface area contributed by atoms with Crippen LogP contribution in [0.3, 0.4) is 0 Å². The zero-order valence-electron chi connectivity index (χ0n) is 17.6. The summed E-state index contributed by atoms with van der Waals surface area (Å²) in [7, 11) is 0. The van der Waals surface area contributed by atoms with Gasteiger partial charge in [-0.3, -0.25) is 14.2 Å². The van der Waals surface area contributed by atoms with Crippen LogP contribution < -0.4 is 15.8 Å². The molecule has 31 heavy (non-hydrogen) atoms. The number of rotatable bonds is 6. The molecule has 4 rings (SSSR count). The number of hydrogen-bond acceptors (Lipinski definition) is 7. The maximum Gasteiger partial charge on any atom is 0.274 e. The quantitative estimate of drug-likeness (QED) is 0.408. The molecule has 1 N–H and O–H groups in total. The maximum atomic E-state index is 13.2. The molecule has 0 saturated carbocycles. The Morgan fingerprint density at radius 3 is 2.71 bits per heavy atom. The van der Waals surface area contributed by atoms with Crippen molar-refractivity contribution in [2.75, 3.05) is 29.1 Å². The summed E-state index contributed by atoms with van der Waals surface area (Å²) in [5, 5.41) is 4.66. The minimum Gasteiger partial charge on any atom is -0.348 e. The molecule has 0 bridgehead atoms. The number of hydrogen-bond donors (Lipinski definition) is 1. The standard InChI is InChI=1S/C21H24ClN5O2S2/c1-12(2)27-19(29)17-18(24-20(31-17)26-8-4-5-9-26)25-21(27)30-11-16(28)23-15-7-6-13(3)10-14(15)22/h6-7,10,12H,4-5,8-9,11H2,1-3H3,(H,23,28). The van der Waals surface area contributed by atoms with Gasteiger partial charge in [-0.2, -0.15) is 4.98 Å². The van der Waals surface area contributed by atoms with E-state index in [4.69, 9.17) is 11.6 Å². The lowest BCUT2D eigenvalue weighted by atomic mass is 10.2. The van der Waals surface area contributed by atoms with Gasteiger partial charge in [0.15, 0.2) is 15.9 Å². The first kappa shape index (κ1) is 22.1. The van der Waals surface area contributed by atoms with Crippen molar-refractivity contribution in [3.63, 3.8) is 0 Å². The zero-order valence-corrected chi connectivity index (χ0v) is 20.0. The molecular formula is C21H24ClN5O2S2. The van der Waals surface area contributed by atoms with Crippen LogP contribution in [0.25, 0.3) is 10.3 Å². The smallest absolute Gasteiger partial charge is 0.274 e. The van der Waals surface area contributed by atoms with Crippen LogP contribution in [0.2, 0.25) is 5.02 Å². The van der Waals surface area contributed by atoms with E-state index >= 15 is 0 Å². The van der Waals surface area contributed by atoms with Crippen LogP contribution in [0.4, 0.5) is 10.8 Å². The summed E-state index contributed by atoms with van der Waals surface area (Å²) in [4.78, 5) is 37.2. The van der Waals surface area contributed by atoms with E-state index in [2.05, 4.69) is 20.2 Å². The molecule has 164 valence electrons.